The number of nitrogens with zero attached hydrogens (tertiary/aromatic N) is 3. The van der Waals surface area contributed by atoms with Crippen LogP contribution in [-0.2, 0) is 16.2 Å². The molecule has 0 spiro atoms. The summed E-state index contributed by atoms with van der Waals surface area (Å²) < 4.78 is 1.92. The van der Waals surface area contributed by atoms with Gasteiger partial charge in [0, 0.05) is 18.0 Å². The molecule has 2 aromatic carbocycles. The summed E-state index contributed by atoms with van der Waals surface area (Å²) in [7, 11) is 0. The minimum Gasteiger partial charge on any atom is -0.331 e. The lowest BCUT2D eigenvalue weighted by Gasteiger charge is -2.18. The van der Waals surface area contributed by atoms with E-state index in [-0.39, 0.29) is 24.3 Å². The van der Waals surface area contributed by atoms with Crippen molar-refractivity contribution in [2.45, 2.75) is 38.6 Å². The fourth-order valence-corrected chi connectivity index (χ4v) is 3.61. The lowest BCUT2D eigenvalue weighted by molar-refractivity contribution is -0.149. The molecule has 0 unspecified atom stereocenters. The van der Waals surface area contributed by atoms with Gasteiger partial charge in [0.1, 0.15) is 5.71 Å². The Hall–Kier alpha value is -2.66. The van der Waals surface area contributed by atoms with Crippen LogP contribution >= 0.6 is 12.4 Å². The summed E-state index contributed by atoms with van der Waals surface area (Å²) in [5, 5.41) is 6.57. The summed E-state index contributed by atoms with van der Waals surface area (Å²) in [5.41, 5.74) is 1.65. The van der Waals surface area contributed by atoms with Gasteiger partial charge in [0.15, 0.2) is 0 Å². The van der Waals surface area contributed by atoms with E-state index in [1.165, 1.54) is 11.8 Å². The van der Waals surface area contributed by atoms with Crippen molar-refractivity contribution >= 4 is 34.9 Å². The van der Waals surface area contributed by atoms with Gasteiger partial charge in [0.2, 0.25) is 0 Å². The molecule has 5 nitrogen and oxygen atoms in total. The van der Waals surface area contributed by atoms with Gasteiger partial charge in [-0.25, -0.2) is 9.78 Å². The van der Waals surface area contributed by atoms with Crippen LogP contribution in [0.1, 0.15) is 37.7 Å². The van der Waals surface area contributed by atoms with E-state index in [1.54, 1.807) is 12.5 Å². The molecule has 0 atom stereocenters. The van der Waals surface area contributed by atoms with Crippen LogP contribution in [0.2, 0.25) is 0 Å². The molecule has 0 radical (unpaired) electrons. The van der Waals surface area contributed by atoms with Crippen molar-refractivity contribution < 1.29 is 9.63 Å². The highest BCUT2D eigenvalue weighted by Gasteiger charge is 2.23. The number of aromatic nitrogens is 2. The second-order valence-corrected chi connectivity index (χ2v) is 7.08. The smallest absolute Gasteiger partial charge is 0.331 e. The highest BCUT2D eigenvalue weighted by atomic mass is 35.5. The Kier molecular flexibility index (Phi) is 6.82. The molecule has 0 saturated heterocycles. The standard InChI is InChI=1S/C22H23N3O2.ClH/c26-22(18-7-2-1-3-8-18)27-24-21(15-25-13-12-23-16-25)20-11-10-17-6-4-5-9-19(17)14-20;/h4-6,9-14,16,18H,1-3,7-8,15H2;1H/b24-21-;. The SMILES string of the molecule is Cl.O=C(O/N=C(/Cn1ccnc1)c1ccc2ccccc2c1)C1CCCCC1. The van der Waals surface area contributed by atoms with Crippen molar-refractivity contribution in [3.8, 4) is 0 Å². The van der Waals surface area contributed by atoms with Crippen molar-refractivity contribution in [1.82, 2.24) is 9.55 Å². The summed E-state index contributed by atoms with van der Waals surface area (Å²) >= 11 is 0. The summed E-state index contributed by atoms with van der Waals surface area (Å²) in [4.78, 5) is 21.9. The summed E-state index contributed by atoms with van der Waals surface area (Å²) in [6.07, 6.45) is 10.5. The first kappa shape index (κ1) is 20.1. The highest BCUT2D eigenvalue weighted by molar-refractivity contribution is 6.03. The largest absolute Gasteiger partial charge is 0.338 e. The molecular weight excluding hydrogens is 374 g/mol. The molecule has 28 heavy (non-hydrogen) atoms. The van der Waals surface area contributed by atoms with Crippen LogP contribution in [0.4, 0.5) is 0 Å². The fraction of sp³-hybridized carbons (Fsp3) is 0.318. The molecule has 1 saturated carbocycles. The van der Waals surface area contributed by atoms with Gasteiger partial charge >= 0.3 is 5.97 Å². The van der Waals surface area contributed by atoms with Crippen LogP contribution in [0.25, 0.3) is 10.8 Å². The molecule has 1 aromatic heterocycles. The summed E-state index contributed by atoms with van der Waals surface area (Å²) in [6.45, 7) is 0.496. The Morgan fingerprint density at radius 2 is 1.89 bits per heavy atom. The first-order valence-corrected chi connectivity index (χ1v) is 9.52. The molecule has 1 fully saturated rings. The van der Waals surface area contributed by atoms with Gasteiger partial charge in [-0.05, 0) is 29.7 Å². The lowest BCUT2D eigenvalue weighted by atomic mass is 9.89. The van der Waals surface area contributed by atoms with Crippen LogP contribution in [0.15, 0.2) is 66.3 Å². The minimum absolute atomic E-state index is 0. The van der Waals surface area contributed by atoms with Crippen LogP contribution in [0, 0.1) is 5.92 Å². The topological polar surface area (TPSA) is 56.5 Å². The van der Waals surface area contributed by atoms with Crippen LogP contribution in [-0.4, -0.2) is 21.2 Å². The molecule has 6 heteroatoms. The second kappa shape index (κ2) is 9.51. The predicted molar refractivity (Wildman–Crippen MR) is 113 cm³/mol. The number of hydrogen-bond donors (Lipinski definition) is 0. The van der Waals surface area contributed by atoms with Gasteiger partial charge in [-0.1, -0.05) is 60.8 Å². The zero-order valence-corrected chi connectivity index (χ0v) is 16.5. The Balaban J connectivity index is 0.00000225. The first-order valence-electron chi connectivity index (χ1n) is 9.52. The molecule has 0 N–H and O–H groups in total. The van der Waals surface area contributed by atoms with Crippen molar-refractivity contribution in [3.63, 3.8) is 0 Å². The average Bonchev–Trinajstić information content (AvgIpc) is 3.24. The molecule has 1 heterocycles. The maximum absolute atomic E-state index is 12.4. The van der Waals surface area contributed by atoms with E-state index in [0.29, 0.717) is 12.3 Å². The number of imidazole rings is 1. The Morgan fingerprint density at radius 3 is 2.64 bits per heavy atom. The number of rotatable bonds is 5. The van der Waals surface area contributed by atoms with E-state index in [9.17, 15) is 4.79 Å². The van der Waals surface area contributed by atoms with Crippen molar-refractivity contribution in [3.05, 3.63) is 66.7 Å². The number of fused-ring (bicyclic) bond motifs is 1. The van der Waals surface area contributed by atoms with Crippen molar-refractivity contribution in [1.29, 1.82) is 0 Å². The molecule has 0 amide bonds. The zero-order chi connectivity index (χ0) is 18.5. The number of hydrogen-bond acceptors (Lipinski definition) is 4. The quantitative estimate of drug-likeness (QED) is 0.346. The van der Waals surface area contributed by atoms with E-state index >= 15 is 0 Å². The second-order valence-electron chi connectivity index (χ2n) is 7.08. The lowest BCUT2D eigenvalue weighted by Crippen LogP contribution is -2.20. The third-order valence-electron chi connectivity index (χ3n) is 5.16. The number of halogens is 1. The number of carbonyl (C=O) groups excluding carboxylic acids is 1. The van der Waals surface area contributed by atoms with Crippen LogP contribution in [0.5, 0.6) is 0 Å². The molecule has 3 aromatic rings. The zero-order valence-electron chi connectivity index (χ0n) is 15.7. The Bertz CT molecular complexity index is 947. The van der Waals surface area contributed by atoms with Gasteiger partial charge in [0.25, 0.3) is 0 Å². The van der Waals surface area contributed by atoms with Gasteiger partial charge in [-0.2, -0.15) is 0 Å². The van der Waals surface area contributed by atoms with E-state index in [0.717, 1.165) is 36.6 Å². The predicted octanol–water partition coefficient (Wildman–Crippen LogP) is 4.99. The monoisotopic (exact) mass is 397 g/mol. The van der Waals surface area contributed by atoms with Crippen molar-refractivity contribution in [2.75, 3.05) is 0 Å². The number of benzene rings is 2. The number of oxime groups is 1. The third-order valence-corrected chi connectivity index (χ3v) is 5.16. The normalized spacial score (nSPS) is 15.2. The molecular formula is C22H24ClN3O2. The molecule has 1 aliphatic rings. The van der Waals surface area contributed by atoms with Gasteiger partial charge in [0.05, 0.1) is 18.8 Å². The van der Waals surface area contributed by atoms with Gasteiger partial charge < -0.3 is 9.40 Å². The Labute approximate surface area is 170 Å². The molecule has 0 aliphatic heterocycles. The minimum atomic E-state index is -0.210. The van der Waals surface area contributed by atoms with E-state index < -0.39 is 0 Å². The molecule has 0 bridgehead atoms. The molecule has 4 rings (SSSR count). The molecule has 1 aliphatic carbocycles. The maximum atomic E-state index is 12.4. The molecule has 146 valence electrons. The highest BCUT2D eigenvalue weighted by Crippen LogP contribution is 2.25. The van der Waals surface area contributed by atoms with Gasteiger partial charge in [-0.15, -0.1) is 12.4 Å². The summed E-state index contributed by atoms with van der Waals surface area (Å²) in [6, 6.07) is 14.4. The average molecular weight is 398 g/mol. The number of carbonyl (C=O) groups is 1. The van der Waals surface area contributed by atoms with E-state index in [4.69, 9.17) is 4.84 Å². The van der Waals surface area contributed by atoms with E-state index in [2.05, 4.69) is 34.4 Å². The van der Waals surface area contributed by atoms with Crippen LogP contribution in [0.3, 0.4) is 0 Å². The Morgan fingerprint density at radius 1 is 1.11 bits per heavy atom. The fourth-order valence-electron chi connectivity index (χ4n) is 3.61. The van der Waals surface area contributed by atoms with Crippen molar-refractivity contribution in [2.24, 2.45) is 11.1 Å². The van der Waals surface area contributed by atoms with Crippen LogP contribution < -0.4 is 0 Å². The maximum Gasteiger partial charge on any atom is 0.338 e. The van der Waals surface area contributed by atoms with E-state index in [1.807, 2.05) is 29.0 Å². The third kappa shape index (κ3) is 4.78. The first-order chi connectivity index (χ1) is 13.3. The van der Waals surface area contributed by atoms with Gasteiger partial charge in [-0.3, -0.25) is 0 Å². The summed E-state index contributed by atoms with van der Waals surface area (Å²) in [5.74, 6) is -0.229.